The third kappa shape index (κ3) is 5.16. The van der Waals surface area contributed by atoms with E-state index in [1.807, 2.05) is 0 Å². The standard InChI is InChI=1S/C13H20N4O5S2/c1-23(19,20)17-8-6-11(7-9-17)16-13(18)15-10-2-4-12(5-3-10)24(14,21)22/h2-5,11H,6-9H2,1H3,(H2,14,21,22)(H2,15,16,18). The molecule has 0 aliphatic carbocycles. The van der Waals surface area contributed by atoms with Crippen molar-refractivity contribution in [2.24, 2.45) is 5.14 Å². The lowest BCUT2D eigenvalue weighted by atomic mass is 10.1. The Labute approximate surface area is 141 Å². The molecule has 1 aliphatic heterocycles. The third-order valence-electron chi connectivity index (χ3n) is 3.70. The number of rotatable bonds is 4. The van der Waals surface area contributed by atoms with Crippen molar-refractivity contribution in [1.29, 1.82) is 0 Å². The van der Waals surface area contributed by atoms with Gasteiger partial charge in [-0.25, -0.2) is 31.1 Å². The summed E-state index contributed by atoms with van der Waals surface area (Å²) in [7, 11) is -6.97. The molecule has 1 aliphatic rings. The minimum absolute atomic E-state index is 0.0402. The maximum absolute atomic E-state index is 11.9. The number of primary sulfonamides is 1. The lowest BCUT2D eigenvalue weighted by Gasteiger charge is -2.30. The highest BCUT2D eigenvalue weighted by atomic mass is 32.2. The average Bonchev–Trinajstić information content (AvgIpc) is 2.46. The molecule has 1 fully saturated rings. The number of piperidine rings is 1. The Balaban J connectivity index is 1.86. The summed E-state index contributed by atoms with van der Waals surface area (Å²) >= 11 is 0. The second-order valence-corrected chi connectivity index (χ2v) is 9.15. The van der Waals surface area contributed by atoms with Gasteiger partial charge >= 0.3 is 6.03 Å². The van der Waals surface area contributed by atoms with Gasteiger partial charge in [-0.1, -0.05) is 0 Å². The van der Waals surface area contributed by atoms with E-state index < -0.39 is 26.1 Å². The van der Waals surface area contributed by atoms with Crippen molar-refractivity contribution >= 4 is 31.8 Å². The molecule has 0 aromatic heterocycles. The molecule has 1 heterocycles. The van der Waals surface area contributed by atoms with Crippen LogP contribution >= 0.6 is 0 Å². The molecule has 9 nitrogen and oxygen atoms in total. The number of amides is 2. The molecular weight excluding hydrogens is 356 g/mol. The Morgan fingerprint density at radius 2 is 1.67 bits per heavy atom. The Morgan fingerprint density at radius 3 is 2.12 bits per heavy atom. The summed E-state index contributed by atoms with van der Waals surface area (Å²) in [6.45, 7) is 0.736. The van der Waals surface area contributed by atoms with Crippen LogP contribution in [0.4, 0.5) is 10.5 Å². The van der Waals surface area contributed by atoms with Gasteiger partial charge in [0.25, 0.3) is 0 Å². The Bertz CT molecular complexity index is 797. The molecule has 0 spiro atoms. The van der Waals surface area contributed by atoms with E-state index >= 15 is 0 Å². The van der Waals surface area contributed by atoms with Crippen molar-refractivity contribution in [2.75, 3.05) is 24.7 Å². The molecule has 0 radical (unpaired) electrons. The van der Waals surface area contributed by atoms with Crippen LogP contribution in [0.2, 0.25) is 0 Å². The normalized spacial score (nSPS) is 17.4. The topological polar surface area (TPSA) is 139 Å². The molecule has 24 heavy (non-hydrogen) atoms. The highest BCUT2D eigenvalue weighted by Crippen LogP contribution is 2.15. The van der Waals surface area contributed by atoms with Gasteiger partial charge in [0.15, 0.2) is 0 Å². The number of nitrogens with zero attached hydrogens (tertiary/aromatic N) is 1. The molecule has 0 atom stereocenters. The second-order valence-electron chi connectivity index (χ2n) is 5.60. The SMILES string of the molecule is CS(=O)(=O)N1CCC(NC(=O)Nc2ccc(S(N)(=O)=O)cc2)CC1. The summed E-state index contributed by atoms with van der Waals surface area (Å²) in [4.78, 5) is 11.9. The van der Waals surface area contributed by atoms with Gasteiger partial charge in [0.2, 0.25) is 20.0 Å². The molecule has 0 saturated carbocycles. The van der Waals surface area contributed by atoms with E-state index in [1.54, 1.807) is 0 Å². The van der Waals surface area contributed by atoms with Gasteiger partial charge in [0.05, 0.1) is 11.2 Å². The number of anilines is 1. The molecule has 2 amide bonds. The van der Waals surface area contributed by atoms with Crippen molar-refractivity contribution in [3.05, 3.63) is 24.3 Å². The number of sulfonamides is 2. The van der Waals surface area contributed by atoms with E-state index in [2.05, 4.69) is 10.6 Å². The highest BCUT2D eigenvalue weighted by molar-refractivity contribution is 7.89. The van der Waals surface area contributed by atoms with Gasteiger partial charge in [0.1, 0.15) is 0 Å². The first-order valence-corrected chi connectivity index (χ1v) is 10.6. The van der Waals surface area contributed by atoms with Crippen LogP contribution in [0.25, 0.3) is 0 Å². The van der Waals surface area contributed by atoms with Crippen molar-refractivity contribution in [3.8, 4) is 0 Å². The fraction of sp³-hybridized carbons (Fsp3) is 0.462. The predicted octanol–water partition coefficient (Wildman–Crippen LogP) is -0.120. The summed E-state index contributed by atoms with van der Waals surface area (Å²) < 4.78 is 46.6. The molecule has 1 aromatic rings. The van der Waals surface area contributed by atoms with Crippen molar-refractivity contribution in [2.45, 2.75) is 23.8 Å². The van der Waals surface area contributed by atoms with Gasteiger partial charge in [-0.05, 0) is 37.1 Å². The molecule has 1 aromatic carbocycles. The van der Waals surface area contributed by atoms with Crippen LogP contribution in [0.3, 0.4) is 0 Å². The molecule has 0 bridgehead atoms. The Morgan fingerprint density at radius 1 is 1.12 bits per heavy atom. The van der Waals surface area contributed by atoms with Crippen LogP contribution < -0.4 is 15.8 Å². The summed E-state index contributed by atoms with van der Waals surface area (Å²) in [6.07, 6.45) is 2.23. The van der Waals surface area contributed by atoms with Crippen LogP contribution in [-0.4, -0.2) is 52.6 Å². The van der Waals surface area contributed by atoms with E-state index in [9.17, 15) is 21.6 Å². The van der Waals surface area contributed by atoms with Crippen LogP contribution in [0.15, 0.2) is 29.2 Å². The highest BCUT2D eigenvalue weighted by Gasteiger charge is 2.25. The lowest BCUT2D eigenvalue weighted by Crippen LogP contribution is -2.47. The molecule has 2 rings (SSSR count). The van der Waals surface area contributed by atoms with Crippen LogP contribution in [-0.2, 0) is 20.0 Å². The summed E-state index contributed by atoms with van der Waals surface area (Å²) in [5.41, 5.74) is 0.425. The average molecular weight is 376 g/mol. The largest absolute Gasteiger partial charge is 0.335 e. The van der Waals surface area contributed by atoms with E-state index in [1.165, 1.54) is 34.8 Å². The number of hydrogen-bond acceptors (Lipinski definition) is 5. The van der Waals surface area contributed by atoms with Crippen LogP contribution in [0, 0.1) is 0 Å². The number of urea groups is 1. The van der Waals surface area contributed by atoms with Crippen molar-refractivity contribution < 1.29 is 21.6 Å². The van der Waals surface area contributed by atoms with Crippen molar-refractivity contribution in [1.82, 2.24) is 9.62 Å². The lowest BCUT2D eigenvalue weighted by molar-refractivity contribution is 0.238. The molecular formula is C13H20N4O5S2. The predicted molar refractivity (Wildman–Crippen MR) is 89.4 cm³/mol. The maximum Gasteiger partial charge on any atom is 0.319 e. The Kier molecular flexibility index (Phi) is 5.48. The van der Waals surface area contributed by atoms with Gasteiger partial charge < -0.3 is 10.6 Å². The zero-order chi connectivity index (χ0) is 18.0. The molecule has 4 N–H and O–H groups in total. The molecule has 11 heteroatoms. The Hall–Kier alpha value is -1.69. The number of nitrogens with two attached hydrogens (primary N) is 1. The number of carbonyl (C=O) groups excluding carboxylic acids is 1. The summed E-state index contributed by atoms with van der Waals surface area (Å²) in [6, 6.07) is 4.92. The van der Waals surface area contributed by atoms with Crippen LogP contribution in [0.5, 0.6) is 0 Å². The monoisotopic (exact) mass is 376 g/mol. The van der Waals surface area contributed by atoms with Gasteiger partial charge in [-0.2, -0.15) is 0 Å². The molecule has 0 unspecified atom stereocenters. The fourth-order valence-electron chi connectivity index (χ4n) is 2.41. The fourth-order valence-corrected chi connectivity index (χ4v) is 3.80. The first-order chi connectivity index (χ1) is 11.1. The van der Waals surface area contributed by atoms with E-state index in [0.29, 0.717) is 31.6 Å². The third-order valence-corrected chi connectivity index (χ3v) is 5.93. The van der Waals surface area contributed by atoms with Crippen LogP contribution in [0.1, 0.15) is 12.8 Å². The first-order valence-electron chi connectivity index (χ1n) is 7.21. The minimum atomic E-state index is -3.77. The summed E-state index contributed by atoms with van der Waals surface area (Å²) in [5.74, 6) is 0. The number of carbonyl (C=O) groups is 1. The maximum atomic E-state index is 11.9. The van der Waals surface area contributed by atoms with E-state index in [4.69, 9.17) is 5.14 Å². The van der Waals surface area contributed by atoms with Gasteiger partial charge in [0, 0.05) is 24.8 Å². The molecule has 134 valence electrons. The summed E-state index contributed by atoms with van der Waals surface area (Å²) in [5, 5.41) is 10.4. The minimum Gasteiger partial charge on any atom is -0.335 e. The van der Waals surface area contributed by atoms with Gasteiger partial charge in [-0.15, -0.1) is 0 Å². The zero-order valence-corrected chi connectivity index (χ0v) is 14.7. The number of nitrogens with one attached hydrogen (secondary N) is 2. The zero-order valence-electron chi connectivity index (χ0n) is 13.1. The first kappa shape index (κ1) is 18.6. The van der Waals surface area contributed by atoms with Crippen molar-refractivity contribution in [3.63, 3.8) is 0 Å². The number of benzene rings is 1. The smallest absolute Gasteiger partial charge is 0.319 e. The van der Waals surface area contributed by atoms with Gasteiger partial charge in [-0.3, -0.25) is 0 Å². The number of hydrogen-bond donors (Lipinski definition) is 3. The van der Waals surface area contributed by atoms with E-state index in [-0.39, 0.29) is 10.9 Å². The van der Waals surface area contributed by atoms with E-state index in [0.717, 1.165) is 0 Å². The molecule has 1 saturated heterocycles. The quantitative estimate of drug-likeness (QED) is 0.672. The second kappa shape index (κ2) is 7.05.